The van der Waals surface area contributed by atoms with Gasteiger partial charge in [-0.25, -0.2) is 0 Å². The van der Waals surface area contributed by atoms with Gasteiger partial charge in [0.25, 0.3) is 0 Å². The first kappa shape index (κ1) is 17.9. The van der Waals surface area contributed by atoms with E-state index in [9.17, 15) is 13.6 Å². The minimum absolute atomic E-state index is 0.0109. The summed E-state index contributed by atoms with van der Waals surface area (Å²) in [6, 6.07) is 6.15. The number of benzene rings is 1. The van der Waals surface area contributed by atoms with Gasteiger partial charge in [-0.2, -0.15) is 13.9 Å². The van der Waals surface area contributed by atoms with Gasteiger partial charge >= 0.3 is 6.61 Å². The van der Waals surface area contributed by atoms with Crippen LogP contribution in [0.15, 0.2) is 36.7 Å². The van der Waals surface area contributed by atoms with Gasteiger partial charge in [0, 0.05) is 31.9 Å². The number of carbonyl (C=O) groups excluding carboxylic acids is 1. The Kier molecular flexibility index (Phi) is 6.28. The lowest BCUT2D eigenvalue weighted by molar-refractivity contribution is -0.131. The molecule has 0 fully saturated rings. The fourth-order valence-corrected chi connectivity index (χ4v) is 2.41. The van der Waals surface area contributed by atoms with E-state index in [4.69, 9.17) is 0 Å². The number of ether oxygens (including phenoxy) is 1. The van der Waals surface area contributed by atoms with Crippen LogP contribution in [0.25, 0.3) is 0 Å². The zero-order valence-corrected chi connectivity index (χ0v) is 13.8. The number of amides is 1. The van der Waals surface area contributed by atoms with E-state index >= 15 is 0 Å². The lowest BCUT2D eigenvalue weighted by atomic mass is 10.1. The standard InChI is InChI=1S/C17H21F2N3O2/c1-3-8-22(12-14-10-20-21(2)11-14)16(23)9-13-4-6-15(7-5-13)24-17(18)19/h4-7,10-11,17H,3,8-9,12H2,1-2H3. The molecule has 0 atom stereocenters. The van der Waals surface area contributed by atoms with E-state index in [0.29, 0.717) is 13.1 Å². The fourth-order valence-electron chi connectivity index (χ4n) is 2.41. The normalized spacial score (nSPS) is 10.9. The average Bonchev–Trinajstić information content (AvgIpc) is 2.93. The first-order valence-corrected chi connectivity index (χ1v) is 7.77. The van der Waals surface area contributed by atoms with Crippen LogP contribution in [0.1, 0.15) is 24.5 Å². The Balaban J connectivity index is 1.99. The molecule has 0 bridgehead atoms. The van der Waals surface area contributed by atoms with Crippen LogP contribution in [0, 0.1) is 0 Å². The van der Waals surface area contributed by atoms with Gasteiger partial charge in [0.15, 0.2) is 0 Å². The molecule has 1 aromatic carbocycles. The van der Waals surface area contributed by atoms with Crippen LogP contribution < -0.4 is 4.74 Å². The highest BCUT2D eigenvalue weighted by Crippen LogP contribution is 2.16. The second-order valence-corrected chi connectivity index (χ2v) is 5.54. The summed E-state index contributed by atoms with van der Waals surface area (Å²) >= 11 is 0. The minimum Gasteiger partial charge on any atom is -0.435 e. The van der Waals surface area contributed by atoms with Gasteiger partial charge in [0.05, 0.1) is 12.6 Å². The summed E-state index contributed by atoms with van der Waals surface area (Å²) in [6.45, 7) is 0.324. The molecule has 0 aliphatic carbocycles. The zero-order valence-electron chi connectivity index (χ0n) is 13.8. The summed E-state index contributed by atoms with van der Waals surface area (Å²) in [6.07, 6.45) is 4.70. The molecule has 0 N–H and O–H groups in total. The van der Waals surface area contributed by atoms with Gasteiger partial charge in [-0.15, -0.1) is 0 Å². The third-order valence-electron chi connectivity index (χ3n) is 3.48. The van der Waals surface area contributed by atoms with Crippen LogP contribution >= 0.6 is 0 Å². The summed E-state index contributed by atoms with van der Waals surface area (Å²) in [5, 5.41) is 4.11. The lowest BCUT2D eigenvalue weighted by Crippen LogP contribution is -2.32. The largest absolute Gasteiger partial charge is 0.435 e. The average molecular weight is 337 g/mol. The number of carbonyl (C=O) groups is 1. The van der Waals surface area contributed by atoms with Crippen molar-refractivity contribution in [2.75, 3.05) is 6.54 Å². The molecule has 2 rings (SSSR count). The van der Waals surface area contributed by atoms with E-state index in [2.05, 4.69) is 9.84 Å². The predicted octanol–water partition coefficient (Wildman–Crippen LogP) is 3.00. The van der Waals surface area contributed by atoms with Crippen molar-refractivity contribution in [2.24, 2.45) is 7.05 Å². The number of hydrogen-bond donors (Lipinski definition) is 0. The quantitative estimate of drug-likeness (QED) is 0.744. The number of aromatic nitrogens is 2. The Bertz CT molecular complexity index is 656. The smallest absolute Gasteiger partial charge is 0.387 e. The van der Waals surface area contributed by atoms with Gasteiger partial charge in [-0.1, -0.05) is 19.1 Å². The molecule has 1 aromatic heterocycles. The van der Waals surface area contributed by atoms with Gasteiger partial charge in [0.2, 0.25) is 5.91 Å². The first-order valence-electron chi connectivity index (χ1n) is 7.77. The van der Waals surface area contributed by atoms with E-state index < -0.39 is 6.61 Å². The molecule has 0 unspecified atom stereocenters. The van der Waals surface area contributed by atoms with Crippen molar-refractivity contribution >= 4 is 5.91 Å². The summed E-state index contributed by atoms with van der Waals surface area (Å²) < 4.78 is 30.3. The van der Waals surface area contributed by atoms with Crippen molar-refractivity contribution in [1.82, 2.24) is 14.7 Å². The summed E-state index contributed by atoms with van der Waals surface area (Å²) in [7, 11) is 1.83. The SMILES string of the molecule is CCCN(Cc1cnn(C)c1)C(=O)Cc1ccc(OC(F)F)cc1. The van der Waals surface area contributed by atoms with E-state index in [1.54, 1.807) is 27.9 Å². The molecule has 5 nitrogen and oxygen atoms in total. The van der Waals surface area contributed by atoms with E-state index in [0.717, 1.165) is 17.5 Å². The molecule has 0 saturated heterocycles. The number of nitrogens with zero attached hydrogens (tertiary/aromatic N) is 3. The van der Waals surface area contributed by atoms with Crippen molar-refractivity contribution in [3.05, 3.63) is 47.8 Å². The summed E-state index contributed by atoms with van der Waals surface area (Å²) in [5.74, 6) is 0.0743. The second kappa shape index (κ2) is 8.42. The van der Waals surface area contributed by atoms with Crippen LogP contribution in [0.4, 0.5) is 8.78 Å². The van der Waals surface area contributed by atoms with Crippen molar-refractivity contribution < 1.29 is 18.3 Å². The summed E-state index contributed by atoms with van der Waals surface area (Å²) in [4.78, 5) is 14.3. The maximum absolute atomic E-state index is 12.5. The Morgan fingerprint density at radius 3 is 2.54 bits per heavy atom. The number of rotatable bonds is 8. The molecule has 0 aliphatic heterocycles. The van der Waals surface area contributed by atoms with Gasteiger partial charge in [-0.05, 0) is 24.1 Å². The molecule has 0 spiro atoms. The van der Waals surface area contributed by atoms with E-state index in [1.807, 2.05) is 20.2 Å². The first-order chi connectivity index (χ1) is 11.5. The van der Waals surface area contributed by atoms with Crippen LogP contribution in [0.2, 0.25) is 0 Å². The summed E-state index contributed by atoms with van der Waals surface area (Å²) in [5.41, 5.74) is 1.73. The van der Waals surface area contributed by atoms with Gasteiger partial charge in [-0.3, -0.25) is 9.48 Å². The molecule has 24 heavy (non-hydrogen) atoms. The van der Waals surface area contributed by atoms with Crippen LogP contribution in [-0.4, -0.2) is 33.7 Å². The monoisotopic (exact) mass is 337 g/mol. The van der Waals surface area contributed by atoms with Crippen molar-refractivity contribution in [1.29, 1.82) is 0 Å². The Hall–Kier alpha value is -2.44. The van der Waals surface area contributed by atoms with Crippen LogP contribution in [-0.2, 0) is 24.8 Å². The van der Waals surface area contributed by atoms with E-state index in [1.165, 1.54) is 12.1 Å². The van der Waals surface area contributed by atoms with Crippen molar-refractivity contribution in [3.63, 3.8) is 0 Å². The van der Waals surface area contributed by atoms with Gasteiger partial charge < -0.3 is 9.64 Å². The lowest BCUT2D eigenvalue weighted by Gasteiger charge is -2.21. The highest BCUT2D eigenvalue weighted by Gasteiger charge is 2.15. The highest BCUT2D eigenvalue weighted by molar-refractivity contribution is 5.78. The Morgan fingerprint density at radius 1 is 1.29 bits per heavy atom. The molecule has 7 heteroatoms. The maximum Gasteiger partial charge on any atom is 0.387 e. The molecule has 1 amide bonds. The van der Waals surface area contributed by atoms with Crippen molar-refractivity contribution in [3.8, 4) is 5.75 Å². The molecular formula is C17H21F2N3O2. The Morgan fingerprint density at radius 2 is 2.00 bits per heavy atom. The molecule has 0 radical (unpaired) electrons. The zero-order chi connectivity index (χ0) is 17.5. The minimum atomic E-state index is -2.85. The van der Waals surface area contributed by atoms with Crippen LogP contribution in [0.3, 0.4) is 0 Å². The fraction of sp³-hybridized carbons (Fsp3) is 0.412. The van der Waals surface area contributed by atoms with Crippen LogP contribution in [0.5, 0.6) is 5.75 Å². The third kappa shape index (κ3) is 5.33. The number of alkyl halides is 2. The molecule has 2 aromatic rings. The van der Waals surface area contributed by atoms with E-state index in [-0.39, 0.29) is 18.1 Å². The third-order valence-corrected chi connectivity index (χ3v) is 3.48. The van der Waals surface area contributed by atoms with Crippen molar-refractivity contribution in [2.45, 2.75) is 32.9 Å². The molecule has 0 aliphatic rings. The van der Waals surface area contributed by atoms with Gasteiger partial charge in [0.1, 0.15) is 5.75 Å². The molecular weight excluding hydrogens is 316 g/mol. The molecule has 1 heterocycles. The Labute approximate surface area is 139 Å². The maximum atomic E-state index is 12.5. The number of hydrogen-bond acceptors (Lipinski definition) is 3. The second-order valence-electron chi connectivity index (χ2n) is 5.54. The predicted molar refractivity (Wildman–Crippen MR) is 85.7 cm³/mol. The molecule has 130 valence electrons. The number of aryl methyl sites for hydroxylation is 1. The number of halogens is 2. The highest BCUT2D eigenvalue weighted by atomic mass is 19.3. The topological polar surface area (TPSA) is 47.4 Å². The molecule has 0 saturated carbocycles.